The van der Waals surface area contributed by atoms with E-state index in [1.54, 1.807) is 6.07 Å². The maximum atomic E-state index is 14.0. The molecule has 1 aromatic rings. The summed E-state index contributed by atoms with van der Waals surface area (Å²) < 4.78 is 14.0. The van der Waals surface area contributed by atoms with Crippen LogP contribution in [0.15, 0.2) is 24.3 Å². The van der Waals surface area contributed by atoms with Gasteiger partial charge in [-0.2, -0.15) is 0 Å². The van der Waals surface area contributed by atoms with E-state index in [0.29, 0.717) is 11.6 Å². The number of aliphatic carboxylic acids is 1. The molecule has 0 atom stereocenters. The van der Waals surface area contributed by atoms with E-state index in [1.165, 1.54) is 12.1 Å². The van der Waals surface area contributed by atoms with Crippen molar-refractivity contribution in [3.63, 3.8) is 0 Å². The molecule has 108 valence electrons. The Kier molecular flexibility index (Phi) is 4.77. The highest BCUT2D eigenvalue weighted by Crippen LogP contribution is 2.35. The predicted molar refractivity (Wildman–Crippen MR) is 78.3 cm³/mol. The maximum absolute atomic E-state index is 14.0. The summed E-state index contributed by atoms with van der Waals surface area (Å²) in [6.45, 7) is 3.01. The molecule has 1 aliphatic carbocycles. The van der Waals surface area contributed by atoms with Crippen molar-refractivity contribution in [1.29, 1.82) is 0 Å². The molecule has 0 aliphatic heterocycles. The zero-order valence-electron chi connectivity index (χ0n) is 11.7. The second kappa shape index (κ2) is 6.55. The van der Waals surface area contributed by atoms with Crippen LogP contribution in [0.1, 0.15) is 38.2 Å². The first kappa shape index (κ1) is 14.6. The molecule has 0 radical (unpaired) electrons. The van der Waals surface area contributed by atoms with Crippen LogP contribution in [0.4, 0.5) is 10.1 Å². The van der Waals surface area contributed by atoms with Gasteiger partial charge in [0.25, 0.3) is 0 Å². The molecule has 4 heteroatoms. The van der Waals surface area contributed by atoms with E-state index in [9.17, 15) is 9.18 Å². The average Bonchev–Trinajstić information content (AvgIpc) is 3.22. The fourth-order valence-electron chi connectivity index (χ4n) is 2.31. The molecule has 0 saturated heterocycles. The van der Waals surface area contributed by atoms with E-state index in [1.807, 2.05) is 6.07 Å². The number of rotatable bonds is 7. The molecule has 1 saturated carbocycles. The molecule has 20 heavy (non-hydrogen) atoms. The van der Waals surface area contributed by atoms with Gasteiger partial charge >= 0.3 is 5.97 Å². The zero-order chi connectivity index (χ0) is 14.5. The third-order valence-electron chi connectivity index (χ3n) is 3.47. The van der Waals surface area contributed by atoms with Crippen LogP contribution >= 0.6 is 0 Å². The first-order valence-corrected chi connectivity index (χ1v) is 7.09. The smallest absolute Gasteiger partial charge is 0.328 e. The highest BCUT2D eigenvalue weighted by atomic mass is 19.1. The summed E-state index contributed by atoms with van der Waals surface area (Å²) in [4.78, 5) is 12.9. The van der Waals surface area contributed by atoms with Crippen LogP contribution in [-0.4, -0.2) is 23.7 Å². The predicted octanol–water partition coefficient (Wildman–Crippen LogP) is 3.69. The van der Waals surface area contributed by atoms with Crippen molar-refractivity contribution in [2.24, 2.45) is 0 Å². The van der Waals surface area contributed by atoms with Gasteiger partial charge in [-0.05, 0) is 37.5 Å². The lowest BCUT2D eigenvalue weighted by molar-refractivity contribution is -0.131. The van der Waals surface area contributed by atoms with E-state index >= 15 is 0 Å². The number of carboxylic acids is 1. The average molecular weight is 277 g/mol. The maximum Gasteiger partial charge on any atom is 0.328 e. The van der Waals surface area contributed by atoms with E-state index in [2.05, 4.69) is 11.8 Å². The monoisotopic (exact) mass is 277 g/mol. The van der Waals surface area contributed by atoms with Crippen LogP contribution in [0, 0.1) is 5.82 Å². The van der Waals surface area contributed by atoms with E-state index in [0.717, 1.165) is 44.0 Å². The number of carbonyl (C=O) groups is 1. The number of halogens is 1. The minimum Gasteiger partial charge on any atom is -0.478 e. The third-order valence-corrected chi connectivity index (χ3v) is 3.47. The van der Waals surface area contributed by atoms with E-state index < -0.39 is 5.97 Å². The lowest BCUT2D eigenvalue weighted by Gasteiger charge is -2.26. The molecule has 0 amide bonds. The number of nitrogens with zero attached hydrogens (tertiary/aromatic N) is 1. The molecule has 1 aliphatic rings. The standard InChI is InChI=1S/C16H20FNO2/c1-2-3-11-18(12-7-8-12)15-6-4-5-14(17)13(15)9-10-16(19)20/h4-6,9-10,12H,2-3,7-8,11H2,1H3,(H,19,20)/b10-9+. The molecule has 0 unspecified atom stereocenters. The van der Waals surface area contributed by atoms with Crippen molar-refractivity contribution in [1.82, 2.24) is 0 Å². The molecule has 0 spiro atoms. The second-order valence-corrected chi connectivity index (χ2v) is 5.12. The number of carboxylic acid groups (broad SMARTS) is 1. The van der Waals surface area contributed by atoms with Crippen molar-refractivity contribution in [3.05, 3.63) is 35.7 Å². The van der Waals surface area contributed by atoms with Gasteiger partial charge < -0.3 is 10.0 Å². The quantitative estimate of drug-likeness (QED) is 0.773. The first-order valence-electron chi connectivity index (χ1n) is 7.09. The zero-order valence-corrected chi connectivity index (χ0v) is 11.7. The minimum atomic E-state index is -1.06. The van der Waals surface area contributed by atoms with Crippen LogP contribution in [0.2, 0.25) is 0 Å². The highest BCUT2D eigenvalue weighted by Gasteiger charge is 2.30. The van der Waals surface area contributed by atoms with Crippen molar-refractivity contribution in [2.45, 2.75) is 38.6 Å². The summed E-state index contributed by atoms with van der Waals surface area (Å²) in [5, 5.41) is 8.74. The van der Waals surface area contributed by atoms with Crippen LogP contribution in [0.25, 0.3) is 6.08 Å². The Morgan fingerprint density at radius 1 is 1.50 bits per heavy atom. The summed E-state index contributed by atoms with van der Waals surface area (Å²) in [5.74, 6) is -1.44. The van der Waals surface area contributed by atoms with Crippen LogP contribution < -0.4 is 4.90 Å². The van der Waals surface area contributed by atoms with Crippen LogP contribution in [0.3, 0.4) is 0 Å². The van der Waals surface area contributed by atoms with Gasteiger partial charge in [-0.3, -0.25) is 0 Å². The molecule has 0 aromatic heterocycles. The summed E-state index contributed by atoms with van der Waals surface area (Å²) in [6.07, 6.45) is 6.74. The van der Waals surface area contributed by atoms with Gasteiger partial charge in [-0.1, -0.05) is 19.4 Å². The summed E-state index contributed by atoms with van der Waals surface area (Å²) in [5.41, 5.74) is 1.18. The molecule has 0 bridgehead atoms. The molecule has 2 rings (SSSR count). The number of unbranched alkanes of at least 4 members (excludes halogenated alkanes) is 1. The van der Waals surface area contributed by atoms with Gasteiger partial charge in [0.1, 0.15) is 5.82 Å². The van der Waals surface area contributed by atoms with Gasteiger partial charge in [-0.15, -0.1) is 0 Å². The Bertz CT molecular complexity index is 509. The number of anilines is 1. The van der Waals surface area contributed by atoms with Gasteiger partial charge in [0, 0.05) is 29.9 Å². The Balaban J connectivity index is 2.32. The highest BCUT2D eigenvalue weighted by molar-refractivity contribution is 5.87. The Morgan fingerprint density at radius 2 is 2.25 bits per heavy atom. The van der Waals surface area contributed by atoms with Crippen LogP contribution in [-0.2, 0) is 4.79 Å². The fraction of sp³-hybridized carbons (Fsp3) is 0.438. The lowest BCUT2D eigenvalue weighted by Crippen LogP contribution is -2.27. The number of hydrogen-bond donors (Lipinski definition) is 1. The first-order chi connectivity index (χ1) is 9.63. The summed E-state index contributed by atoms with van der Waals surface area (Å²) in [7, 11) is 0. The minimum absolute atomic E-state index is 0.373. The van der Waals surface area contributed by atoms with Gasteiger partial charge in [-0.25, -0.2) is 9.18 Å². The summed E-state index contributed by atoms with van der Waals surface area (Å²) >= 11 is 0. The number of hydrogen-bond acceptors (Lipinski definition) is 2. The largest absolute Gasteiger partial charge is 0.478 e. The van der Waals surface area contributed by atoms with Crippen molar-refractivity contribution >= 4 is 17.7 Å². The summed E-state index contributed by atoms with van der Waals surface area (Å²) in [6, 6.07) is 5.40. The fourth-order valence-corrected chi connectivity index (χ4v) is 2.31. The van der Waals surface area contributed by atoms with Gasteiger partial charge in [0.2, 0.25) is 0 Å². The van der Waals surface area contributed by atoms with E-state index in [-0.39, 0.29) is 5.82 Å². The molecule has 1 aromatic carbocycles. The SMILES string of the molecule is CCCCN(c1cccc(F)c1/C=C/C(=O)O)C1CC1. The Labute approximate surface area is 118 Å². The third kappa shape index (κ3) is 3.59. The molecule has 1 fully saturated rings. The number of benzene rings is 1. The molecule has 0 heterocycles. The van der Waals surface area contributed by atoms with Crippen LogP contribution in [0.5, 0.6) is 0 Å². The topological polar surface area (TPSA) is 40.5 Å². The molecular formula is C16H20FNO2. The van der Waals surface area contributed by atoms with Crippen molar-refractivity contribution in [2.75, 3.05) is 11.4 Å². The molecule has 3 nitrogen and oxygen atoms in total. The Hall–Kier alpha value is -1.84. The Morgan fingerprint density at radius 3 is 2.85 bits per heavy atom. The second-order valence-electron chi connectivity index (χ2n) is 5.12. The van der Waals surface area contributed by atoms with E-state index in [4.69, 9.17) is 5.11 Å². The van der Waals surface area contributed by atoms with Gasteiger partial charge in [0.05, 0.1) is 0 Å². The van der Waals surface area contributed by atoms with Crippen molar-refractivity contribution < 1.29 is 14.3 Å². The lowest BCUT2D eigenvalue weighted by atomic mass is 10.1. The van der Waals surface area contributed by atoms with Crippen molar-refractivity contribution in [3.8, 4) is 0 Å². The normalized spacial score (nSPS) is 14.7. The molecule has 1 N–H and O–H groups in total. The van der Waals surface area contributed by atoms with Gasteiger partial charge in [0.15, 0.2) is 0 Å². The molecular weight excluding hydrogens is 257 g/mol.